The van der Waals surface area contributed by atoms with Crippen LogP contribution in [0.15, 0.2) is 24.3 Å². The SMILES string of the molecule is COc1ccc(N2CCN(C(=O)NC3CCCO3)CC2)cc1. The van der Waals surface area contributed by atoms with E-state index in [1.165, 1.54) is 5.69 Å². The molecule has 0 spiro atoms. The number of nitrogens with one attached hydrogen (secondary N) is 1. The number of hydrogen-bond acceptors (Lipinski definition) is 4. The van der Waals surface area contributed by atoms with E-state index in [1.54, 1.807) is 7.11 Å². The first-order chi connectivity index (χ1) is 10.8. The predicted molar refractivity (Wildman–Crippen MR) is 84.3 cm³/mol. The van der Waals surface area contributed by atoms with Crippen LogP contribution in [0.1, 0.15) is 12.8 Å². The molecule has 0 bridgehead atoms. The van der Waals surface area contributed by atoms with Gasteiger partial charge in [-0.25, -0.2) is 4.79 Å². The van der Waals surface area contributed by atoms with Gasteiger partial charge in [0.05, 0.1) is 7.11 Å². The second-order valence-electron chi connectivity index (χ2n) is 5.62. The Morgan fingerprint density at radius 1 is 1.23 bits per heavy atom. The molecule has 0 aromatic heterocycles. The number of methoxy groups -OCH3 is 1. The number of urea groups is 1. The van der Waals surface area contributed by atoms with Gasteiger partial charge in [-0.1, -0.05) is 0 Å². The quantitative estimate of drug-likeness (QED) is 0.923. The van der Waals surface area contributed by atoms with Gasteiger partial charge in [-0.05, 0) is 37.1 Å². The van der Waals surface area contributed by atoms with Crippen molar-refractivity contribution in [3.05, 3.63) is 24.3 Å². The van der Waals surface area contributed by atoms with E-state index in [0.29, 0.717) is 0 Å². The maximum atomic E-state index is 12.2. The Hall–Kier alpha value is -1.95. The van der Waals surface area contributed by atoms with Crippen molar-refractivity contribution >= 4 is 11.7 Å². The molecule has 6 heteroatoms. The van der Waals surface area contributed by atoms with Crippen molar-refractivity contribution < 1.29 is 14.3 Å². The largest absolute Gasteiger partial charge is 0.497 e. The Morgan fingerprint density at radius 2 is 1.95 bits per heavy atom. The van der Waals surface area contributed by atoms with Gasteiger partial charge >= 0.3 is 6.03 Å². The Bertz CT molecular complexity index is 492. The van der Waals surface area contributed by atoms with Crippen LogP contribution in [-0.2, 0) is 4.74 Å². The molecule has 1 aromatic carbocycles. The molecule has 2 aliphatic heterocycles. The summed E-state index contributed by atoms with van der Waals surface area (Å²) in [5.41, 5.74) is 1.17. The van der Waals surface area contributed by atoms with E-state index in [4.69, 9.17) is 9.47 Å². The molecule has 0 saturated carbocycles. The number of hydrogen-bond donors (Lipinski definition) is 1. The first-order valence-electron chi connectivity index (χ1n) is 7.82. The van der Waals surface area contributed by atoms with Crippen molar-refractivity contribution in [1.82, 2.24) is 10.2 Å². The molecule has 2 amide bonds. The van der Waals surface area contributed by atoms with Crippen molar-refractivity contribution in [2.45, 2.75) is 19.1 Å². The van der Waals surface area contributed by atoms with Crippen LogP contribution in [0, 0.1) is 0 Å². The second kappa shape index (κ2) is 6.87. The van der Waals surface area contributed by atoms with Gasteiger partial charge in [-0.2, -0.15) is 0 Å². The van der Waals surface area contributed by atoms with E-state index < -0.39 is 0 Å². The zero-order valence-corrected chi connectivity index (χ0v) is 13.0. The Kier molecular flexibility index (Phi) is 4.68. The minimum Gasteiger partial charge on any atom is -0.497 e. The predicted octanol–water partition coefficient (Wildman–Crippen LogP) is 1.66. The third-order valence-corrected chi connectivity index (χ3v) is 4.22. The molecule has 2 fully saturated rings. The van der Waals surface area contributed by atoms with Gasteiger partial charge in [-0.3, -0.25) is 0 Å². The van der Waals surface area contributed by atoms with Crippen LogP contribution >= 0.6 is 0 Å². The van der Waals surface area contributed by atoms with Crippen molar-refractivity contribution in [2.75, 3.05) is 44.8 Å². The average molecular weight is 305 g/mol. The highest BCUT2D eigenvalue weighted by Crippen LogP contribution is 2.20. The molecule has 6 nitrogen and oxygen atoms in total. The van der Waals surface area contributed by atoms with E-state index in [9.17, 15) is 4.79 Å². The number of amides is 2. The minimum absolute atomic E-state index is 0.0127. The zero-order valence-electron chi connectivity index (χ0n) is 13.0. The minimum atomic E-state index is -0.105. The van der Waals surface area contributed by atoms with Crippen LogP contribution in [0.5, 0.6) is 5.75 Å². The molecule has 3 rings (SSSR count). The van der Waals surface area contributed by atoms with E-state index in [1.807, 2.05) is 17.0 Å². The summed E-state index contributed by atoms with van der Waals surface area (Å²) in [6.07, 6.45) is 1.83. The molecule has 120 valence electrons. The summed E-state index contributed by atoms with van der Waals surface area (Å²) in [5, 5.41) is 2.95. The monoisotopic (exact) mass is 305 g/mol. The number of nitrogens with zero attached hydrogens (tertiary/aromatic N) is 2. The highest BCUT2D eigenvalue weighted by atomic mass is 16.5. The van der Waals surface area contributed by atoms with Gasteiger partial charge in [0, 0.05) is 38.5 Å². The maximum absolute atomic E-state index is 12.2. The van der Waals surface area contributed by atoms with Gasteiger partial charge in [0.15, 0.2) is 0 Å². The first-order valence-corrected chi connectivity index (χ1v) is 7.82. The number of anilines is 1. The molecule has 0 aliphatic carbocycles. The van der Waals surface area contributed by atoms with Crippen LogP contribution in [0.4, 0.5) is 10.5 Å². The fourth-order valence-electron chi connectivity index (χ4n) is 2.88. The summed E-state index contributed by atoms with van der Waals surface area (Å²) >= 11 is 0. The maximum Gasteiger partial charge on any atom is 0.319 e. The van der Waals surface area contributed by atoms with Gasteiger partial charge in [0.1, 0.15) is 12.0 Å². The Labute approximate surface area is 131 Å². The van der Waals surface area contributed by atoms with Crippen molar-refractivity contribution in [2.24, 2.45) is 0 Å². The van der Waals surface area contributed by atoms with Crippen LogP contribution in [0.25, 0.3) is 0 Å². The smallest absolute Gasteiger partial charge is 0.319 e. The third-order valence-electron chi connectivity index (χ3n) is 4.22. The molecular formula is C16H23N3O3. The molecule has 1 N–H and O–H groups in total. The first kappa shape index (κ1) is 15.0. The van der Waals surface area contributed by atoms with Crippen LogP contribution in [-0.4, -0.2) is 57.1 Å². The van der Waals surface area contributed by atoms with Gasteiger partial charge < -0.3 is 24.6 Å². The molecule has 2 saturated heterocycles. The number of benzene rings is 1. The zero-order chi connectivity index (χ0) is 15.4. The standard InChI is InChI=1S/C16H23N3O3/c1-21-14-6-4-13(5-7-14)18-8-10-19(11-9-18)16(20)17-15-3-2-12-22-15/h4-7,15H,2-3,8-12H2,1H3,(H,17,20). The van der Waals surface area contributed by atoms with Crippen molar-refractivity contribution in [1.29, 1.82) is 0 Å². The average Bonchev–Trinajstić information content (AvgIpc) is 3.08. The van der Waals surface area contributed by atoms with Crippen LogP contribution in [0.2, 0.25) is 0 Å². The van der Waals surface area contributed by atoms with E-state index >= 15 is 0 Å². The number of carbonyl (C=O) groups is 1. The highest BCUT2D eigenvalue weighted by Gasteiger charge is 2.24. The fourth-order valence-corrected chi connectivity index (χ4v) is 2.88. The summed E-state index contributed by atoms with van der Waals surface area (Å²) < 4.78 is 10.6. The lowest BCUT2D eigenvalue weighted by atomic mass is 10.2. The normalized spacial score (nSPS) is 21.8. The number of carbonyl (C=O) groups excluding carboxylic acids is 1. The summed E-state index contributed by atoms with van der Waals surface area (Å²) in [7, 11) is 1.67. The lowest BCUT2D eigenvalue weighted by Crippen LogP contribution is -2.53. The third kappa shape index (κ3) is 3.44. The van der Waals surface area contributed by atoms with Crippen LogP contribution < -0.4 is 15.0 Å². The molecule has 0 radical (unpaired) electrons. The fraction of sp³-hybridized carbons (Fsp3) is 0.562. The van der Waals surface area contributed by atoms with E-state index in [0.717, 1.165) is 51.4 Å². The molecule has 1 atom stereocenters. The van der Waals surface area contributed by atoms with Gasteiger partial charge in [0.25, 0.3) is 0 Å². The molecule has 22 heavy (non-hydrogen) atoms. The molecule has 1 unspecified atom stereocenters. The highest BCUT2D eigenvalue weighted by molar-refractivity contribution is 5.74. The van der Waals surface area contributed by atoms with Gasteiger partial charge in [-0.15, -0.1) is 0 Å². The molecule has 2 aliphatic rings. The van der Waals surface area contributed by atoms with E-state index in [2.05, 4.69) is 22.3 Å². The van der Waals surface area contributed by atoms with Gasteiger partial charge in [0.2, 0.25) is 0 Å². The number of piperazine rings is 1. The number of ether oxygens (including phenoxy) is 2. The van der Waals surface area contributed by atoms with Crippen molar-refractivity contribution in [3.63, 3.8) is 0 Å². The Balaban J connectivity index is 1.49. The summed E-state index contributed by atoms with van der Waals surface area (Å²) in [5.74, 6) is 0.860. The molecule has 1 aromatic rings. The lowest BCUT2D eigenvalue weighted by molar-refractivity contribution is 0.0831. The number of rotatable bonds is 3. The summed E-state index contributed by atoms with van der Waals surface area (Å²) in [6.45, 7) is 3.88. The van der Waals surface area contributed by atoms with Crippen LogP contribution in [0.3, 0.4) is 0 Å². The summed E-state index contributed by atoms with van der Waals surface area (Å²) in [6, 6.07) is 8.03. The summed E-state index contributed by atoms with van der Waals surface area (Å²) in [4.78, 5) is 16.3. The van der Waals surface area contributed by atoms with Crippen molar-refractivity contribution in [3.8, 4) is 5.75 Å². The topological polar surface area (TPSA) is 54.0 Å². The second-order valence-corrected chi connectivity index (χ2v) is 5.62. The molecule has 2 heterocycles. The molecular weight excluding hydrogens is 282 g/mol. The Morgan fingerprint density at radius 3 is 2.55 bits per heavy atom. The lowest BCUT2D eigenvalue weighted by Gasteiger charge is -2.36. The van der Waals surface area contributed by atoms with E-state index in [-0.39, 0.29) is 12.3 Å².